The molecule has 0 aliphatic heterocycles. The molecule has 0 fully saturated rings. The molecule has 0 spiro atoms. The Labute approximate surface area is 179 Å². The van der Waals surface area contributed by atoms with Gasteiger partial charge >= 0.3 is 5.97 Å². The molecule has 7 heteroatoms. The molecular weight excluding hydrogens is 404 g/mol. The van der Waals surface area contributed by atoms with E-state index in [0.717, 1.165) is 22.4 Å². The Bertz CT molecular complexity index is 986. The fourth-order valence-corrected chi connectivity index (χ4v) is 4.85. The minimum atomic E-state index is -0.249. The smallest absolute Gasteiger partial charge is 0.306 e. The van der Waals surface area contributed by atoms with Gasteiger partial charge in [-0.05, 0) is 49.8 Å². The zero-order chi connectivity index (χ0) is 21.0. The van der Waals surface area contributed by atoms with E-state index in [2.05, 4.69) is 17.1 Å². The van der Waals surface area contributed by atoms with E-state index in [0.29, 0.717) is 23.7 Å². The van der Waals surface area contributed by atoms with Gasteiger partial charge in [0.2, 0.25) is 5.91 Å². The number of aromatic nitrogens is 1. The summed E-state index contributed by atoms with van der Waals surface area (Å²) in [5.41, 5.74) is 4.70. The summed E-state index contributed by atoms with van der Waals surface area (Å²) < 4.78 is 5.36. The molecule has 0 atom stereocenters. The Kier molecular flexibility index (Phi) is 6.82. The number of rotatable bonds is 7. The number of carbonyl (C=O) groups excluding carboxylic acids is 2. The first-order chi connectivity index (χ1) is 13.8. The van der Waals surface area contributed by atoms with Crippen molar-refractivity contribution in [3.05, 3.63) is 62.3 Å². The zero-order valence-corrected chi connectivity index (χ0v) is 18.7. The molecule has 29 heavy (non-hydrogen) atoms. The molecule has 1 amide bonds. The number of thiazole rings is 1. The van der Waals surface area contributed by atoms with Crippen LogP contribution in [0.15, 0.2) is 35.0 Å². The van der Waals surface area contributed by atoms with Gasteiger partial charge in [0.1, 0.15) is 6.61 Å². The average Bonchev–Trinajstić information content (AvgIpc) is 3.32. The first-order valence-corrected chi connectivity index (χ1v) is 11.1. The predicted molar refractivity (Wildman–Crippen MR) is 118 cm³/mol. The monoisotopic (exact) mass is 428 g/mol. The number of thiophene rings is 1. The van der Waals surface area contributed by atoms with Crippen LogP contribution >= 0.6 is 22.7 Å². The van der Waals surface area contributed by atoms with Gasteiger partial charge in [-0.15, -0.1) is 22.7 Å². The molecule has 2 heterocycles. The number of nitrogens with zero attached hydrogens (tertiary/aromatic N) is 2. The van der Waals surface area contributed by atoms with E-state index in [1.54, 1.807) is 16.2 Å². The van der Waals surface area contributed by atoms with Crippen molar-refractivity contribution in [2.45, 2.75) is 47.1 Å². The highest BCUT2D eigenvalue weighted by molar-refractivity contribution is 7.14. The first kappa shape index (κ1) is 21.2. The zero-order valence-electron chi connectivity index (χ0n) is 17.0. The molecule has 0 aliphatic rings. The SMILES string of the molecule is CC(=O)N(c1nc(COC(=O)CCc2cccs2)cs1)c1c(C)cc(C)cc1C. The number of carbonyl (C=O) groups is 2. The lowest BCUT2D eigenvalue weighted by Gasteiger charge is -2.23. The highest BCUT2D eigenvalue weighted by Gasteiger charge is 2.22. The number of hydrogen-bond donors (Lipinski definition) is 0. The van der Waals surface area contributed by atoms with Gasteiger partial charge in [-0.3, -0.25) is 14.5 Å². The molecule has 0 saturated heterocycles. The standard InChI is InChI=1S/C22H24N2O3S2/c1-14-10-15(2)21(16(3)11-14)24(17(4)25)22-23-18(13-29-22)12-27-20(26)8-7-19-6-5-9-28-19/h5-6,9-11,13H,7-8,12H2,1-4H3. The third kappa shape index (κ3) is 5.31. The fourth-order valence-electron chi connectivity index (χ4n) is 3.28. The maximum atomic E-state index is 12.4. The maximum Gasteiger partial charge on any atom is 0.306 e. The predicted octanol–water partition coefficient (Wildman–Crippen LogP) is 5.49. The van der Waals surface area contributed by atoms with Gasteiger partial charge in [0.05, 0.1) is 17.8 Å². The lowest BCUT2D eigenvalue weighted by Crippen LogP contribution is -2.24. The van der Waals surface area contributed by atoms with Crippen LogP contribution in [-0.4, -0.2) is 16.9 Å². The van der Waals surface area contributed by atoms with E-state index in [4.69, 9.17) is 4.74 Å². The largest absolute Gasteiger partial charge is 0.459 e. The summed E-state index contributed by atoms with van der Waals surface area (Å²) in [6.45, 7) is 7.67. The Morgan fingerprint density at radius 2 is 1.86 bits per heavy atom. The number of amides is 1. The second-order valence-electron chi connectivity index (χ2n) is 6.96. The summed E-state index contributed by atoms with van der Waals surface area (Å²) in [6, 6.07) is 8.10. The quantitative estimate of drug-likeness (QED) is 0.467. The van der Waals surface area contributed by atoms with Crippen LogP contribution in [-0.2, 0) is 27.4 Å². The molecule has 0 bridgehead atoms. The molecule has 3 rings (SSSR count). The molecular formula is C22H24N2O3S2. The topological polar surface area (TPSA) is 59.5 Å². The average molecular weight is 429 g/mol. The minimum absolute atomic E-state index is 0.103. The number of esters is 1. The van der Waals surface area contributed by atoms with Crippen LogP contribution in [0.3, 0.4) is 0 Å². The number of anilines is 2. The molecule has 2 aromatic heterocycles. The Hall–Kier alpha value is -2.51. The van der Waals surface area contributed by atoms with Crippen molar-refractivity contribution >= 4 is 45.4 Å². The third-order valence-electron chi connectivity index (χ3n) is 4.44. The number of benzene rings is 1. The van der Waals surface area contributed by atoms with Gasteiger partial charge in [-0.2, -0.15) is 0 Å². The summed E-state index contributed by atoms with van der Waals surface area (Å²) in [7, 11) is 0. The second-order valence-corrected chi connectivity index (χ2v) is 8.83. The van der Waals surface area contributed by atoms with Crippen LogP contribution in [0.25, 0.3) is 0 Å². The van der Waals surface area contributed by atoms with Crippen molar-refractivity contribution in [3.8, 4) is 0 Å². The number of aryl methyl sites for hydroxylation is 4. The fraction of sp³-hybridized carbons (Fsp3) is 0.318. The van der Waals surface area contributed by atoms with Crippen molar-refractivity contribution in [2.24, 2.45) is 0 Å². The van der Waals surface area contributed by atoms with E-state index in [1.807, 2.05) is 43.7 Å². The van der Waals surface area contributed by atoms with Crippen LogP contribution in [0, 0.1) is 20.8 Å². The Balaban J connectivity index is 1.68. The van der Waals surface area contributed by atoms with Crippen molar-refractivity contribution in [1.29, 1.82) is 0 Å². The van der Waals surface area contributed by atoms with Crippen LogP contribution in [0.5, 0.6) is 0 Å². The molecule has 152 valence electrons. The Morgan fingerprint density at radius 1 is 1.14 bits per heavy atom. The van der Waals surface area contributed by atoms with Crippen LogP contribution in [0.2, 0.25) is 0 Å². The number of ether oxygens (including phenoxy) is 1. The lowest BCUT2D eigenvalue weighted by molar-refractivity contribution is -0.145. The molecule has 5 nitrogen and oxygen atoms in total. The van der Waals surface area contributed by atoms with Crippen molar-refractivity contribution in [2.75, 3.05) is 4.90 Å². The molecule has 0 unspecified atom stereocenters. The van der Waals surface area contributed by atoms with E-state index >= 15 is 0 Å². The minimum Gasteiger partial charge on any atom is -0.459 e. The summed E-state index contributed by atoms with van der Waals surface area (Å²) in [5, 5.41) is 4.41. The van der Waals surface area contributed by atoms with Crippen LogP contribution in [0.1, 0.15) is 40.6 Å². The van der Waals surface area contributed by atoms with E-state index < -0.39 is 0 Å². The van der Waals surface area contributed by atoms with Gasteiger partial charge in [0, 0.05) is 17.2 Å². The molecule has 0 aliphatic carbocycles. The van der Waals surface area contributed by atoms with Gasteiger partial charge < -0.3 is 4.74 Å². The van der Waals surface area contributed by atoms with Gasteiger partial charge in [-0.1, -0.05) is 23.8 Å². The normalized spacial score (nSPS) is 10.8. The van der Waals surface area contributed by atoms with Gasteiger partial charge in [0.15, 0.2) is 5.13 Å². The number of hydrogen-bond acceptors (Lipinski definition) is 6. The molecule has 0 saturated carbocycles. The highest BCUT2D eigenvalue weighted by atomic mass is 32.1. The summed E-state index contributed by atoms with van der Waals surface area (Å²) in [4.78, 5) is 31.8. The maximum absolute atomic E-state index is 12.4. The summed E-state index contributed by atoms with van der Waals surface area (Å²) >= 11 is 3.00. The molecule has 3 aromatic rings. The van der Waals surface area contributed by atoms with E-state index in [9.17, 15) is 9.59 Å². The molecule has 0 radical (unpaired) electrons. The van der Waals surface area contributed by atoms with Crippen molar-refractivity contribution < 1.29 is 14.3 Å². The van der Waals surface area contributed by atoms with Crippen LogP contribution in [0.4, 0.5) is 10.8 Å². The van der Waals surface area contributed by atoms with E-state index in [1.165, 1.54) is 23.1 Å². The second kappa shape index (κ2) is 9.33. The Morgan fingerprint density at radius 3 is 2.48 bits per heavy atom. The van der Waals surface area contributed by atoms with Gasteiger partial charge in [0.25, 0.3) is 0 Å². The lowest BCUT2D eigenvalue weighted by atomic mass is 10.0. The van der Waals surface area contributed by atoms with Crippen LogP contribution < -0.4 is 4.90 Å². The van der Waals surface area contributed by atoms with Gasteiger partial charge in [-0.25, -0.2) is 4.98 Å². The first-order valence-electron chi connectivity index (χ1n) is 9.36. The summed E-state index contributed by atoms with van der Waals surface area (Å²) in [6.07, 6.45) is 1.03. The molecule has 0 N–H and O–H groups in total. The van der Waals surface area contributed by atoms with Crippen molar-refractivity contribution in [1.82, 2.24) is 4.98 Å². The van der Waals surface area contributed by atoms with Crippen molar-refractivity contribution in [3.63, 3.8) is 0 Å². The molecule has 1 aromatic carbocycles. The highest BCUT2D eigenvalue weighted by Crippen LogP contribution is 2.34. The third-order valence-corrected chi connectivity index (χ3v) is 6.25. The van der Waals surface area contributed by atoms with E-state index in [-0.39, 0.29) is 18.5 Å². The summed E-state index contributed by atoms with van der Waals surface area (Å²) in [5.74, 6) is -0.351.